The first-order chi connectivity index (χ1) is 12.9. The number of carbonyl (C=O) groups excluding carboxylic acids is 1. The van der Waals surface area contributed by atoms with Gasteiger partial charge in [0.1, 0.15) is 6.04 Å². The van der Waals surface area contributed by atoms with E-state index in [-0.39, 0.29) is 10.8 Å². The van der Waals surface area contributed by atoms with Gasteiger partial charge in [0, 0.05) is 23.5 Å². The number of aromatic nitrogens is 3. The number of thiazole rings is 1. The first-order valence-corrected chi connectivity index (χ1v) is 11.1. The Bertz CT molecular complexity index is 1020. The molecule has 8 nitrogen and oxygen atoms in total. The smallest absolute Gasteiger partial charge is 0.263 e. The van der Waals surface area contributed by atoms with Crippen molar-refractivity contribution < 1.29 is 13.2 Å². The minimum atomic E-state index is -3.72. The van der Waals surface area contributed by atoms with Gasteiger partial charge >= 0.3 is 0 Å². The van der Waals surface area contributed by atoms with E-state index in [1.807, 2.05) is 6.92 Å². The summed E-state index contributed by atoms with van der Waals surface area (Å²) in [6, 6.07) is 5.47. The van der Waals surface area contributed by atoms with E-state index >= 15 is 0 Å². The molecule has 3 aromatic rings. The van der Waals surface area contributed by atoms with E-state index in [1.54, 1.807) is 34.6 Å². The molecule has 1 aromatic carbocycles. The van der Waals surface area contributed by atoms with Gasteiger partial charge in [0.25, 0.3) is 10.0 Å². The molecular weight excluding hydrogens is 454 g/mol. The number of benzene rings is 1. The molecule has 2 aromatic heterocycles. The maximum atomic E-state index is 12.5. The Kier molecular flexibility index (Phi) is 5.92. The monoisotopic (exact) mass is 469 g/mol. The third-order valence-corrected chi connectivity index (χ3v) is 6.25. The molecule has 142 valence electrons. The van der Waals surface area contributed by atoms with Crippen LogP contribution in [0.1, 0.15) is 19.4 Å². The topological polar surface area (TPSA) is 106 Å². The highest BCUT2D eigenvalue weighted by atomic mass is 79.9. The predicted molar refractivity (Wildman–Crippen MR) is 107 cm³/mol. The molecule has 0 radical (unpaired) electrons. The Morgan fingerprint density at radius 1 is 1.33 bits per heavy atom. The van der Waals surface area contributed by atoms with Crippen molar-refractivity contribution in [2.45, 2.75) is 24.3 Å². The Morgan fingerprint density at radius 2 is 2.07 bits per heavy atom. The Hall–Kier alpha value is -2.24. The van der Waals surface area contributed by atoms with Crippen LogP contribution in [0.25, 0.3) is 0 Å². The Balaban J connectivity index is 1.70. The zero-order valence-electron chi connectivity index (χ0n) is 14.2. The lowest BCUT2D eigenvalue weighted by Crippen LogP contribution is -2.26. The van der Waals surface area contributed by atoms with Crippen LogP contribution in [0.2, 0.25) is 0 Å². The largest absolute Gasteiger partial charge is 0.324 e. The zero-order valence-corrected chi connectivity index (χ0v) is 17.4. The maximum absolute atomic E-state index is 12.5. The van der Waals surface area contributed by atoms with Crippen LogP contribution in [0.3, 0.4) is 0 Å². The predicted octanol–water partition coefficient (Wildman–Crippen LogP) is 3.49. The molecular formula is C16H16BrN5O3S2. The third kappa shape index (κ3) is 4.73. The molecule has 0 aliphatic rings. The van der Waals surface area contributed by atoms with Gasteiger partial charge in [0.2, 0.25) is 5.91 Å². The number of anilines is 2. The molecule has 1 amide bonds. The number of nitrogens with one attached hydrogen (secondary N) is 2. The highest BCUT2D eigenvalue weighted by molar-refractivity contribution is 9.10. The van der Waals surface area contributed by atoms with Gasteiger partial charge in [0.15, 0.2) is 5.13 Å². The van der Waals surface area contributed by atoms with Gasteiger partial charge in [-0.1, -0.05) is 6.92 Å². The second-order valence-corrected chi connectivity index (χ2v) is 9.01. The van der Waals surface area contributed by atoms with Crippen molar-refractivity contribution in [3.8, 4) is 0 Å². The second-order valence-electron chi connectivity index (χ2n) is 5.52. The quantitative estimate of drug-likeness (QED) is 0.550. The van der Waals surface area contributed by atoms with Crippen molar-refractivity contribution in [1.29, 1.82) is 0 Å². The summed E-state index contributed by atoms with van der Waals surface area (Å²) in [6.45, 7) is 1.89. The highest BCUT2D eigenvalue weighted by Gasteiger charge is 2.20. The molecule has 0 aliphatic heterocycles. The van der Waals surface area contributed by atoms with E-state index in [9.17, 15) is 13.2 Å². The lowest BCUT2D eigenvalue weighted by Gasteiger charge is -2.15. The molecule has 3 rings (SSSR count). The molecule has 0 saturated carbocycles. The van der Waals surface area contributed by atoms with Crippen LogP contribution < -0.4 is 10.0 Å². The van der Waals surface area contributed by atoms with Crippen molar-refractivity contribution in [3.05, 3.63) is 52.7 Å². The number of halogens is 1. The first-order valence-electron chi connectivity index (χ1n) is 7.92. The molecule has 1 atom stereocenters. The molecule has 0 spiro atoms. The first kappa shape index (κ1) is 19.5. The molecule has 0 aliphatic carbocycles. The van der Waals surface area contributed by atoms with Gasteiger partial charge < -0.3 is 5.32 Å². The van der Waals surface area contributed by atoms with E-state index in [4.69, 9.17) is 0 Å². The van der Waals surface area contributed by atoms with E-state index in [0.717, 1.165) is 4.47 Å². The molecule has 0 bridgehead atoms. The summed E-state index contributed by atoms with van der Waals surface area (Å²) in [4.78, 5) is 16.5. The SMILES string of the molecule is CCC(C(=O)Nc1ccc(S(=O)(=O)Nc2nccs2)cc1)n1cc(Br)cn1. The summed E-state index contributed by atoms with van der Waals surface area (Å²) >= 11 is 4.50. The number of hydrogen-bond acceptors (Lipinski definition) is 6. The second kappa shape index (κ2) is 8.19. The summed E-state index contributed by atoms with van der Waals surface area (Å²) in [6.07, 6.45) is 5.42. The van der Waals surface area contributed by atoms with E-state index < -0.39 is 16.1 Å². The Labute approximate surface area is 168 Å². The Morgan fingerprint density at radius 3 is 2.63 bits per heavy atom. The lowest BCUT2D eigenvalue weighted by molar-refractivity contribution is -0.119. The minimum absolute atomic E-state index is 0.0822. The van der Waals surface area contributed by atoms with Crippen LogP contribution in [0, 0.1) is 0 Å². The van der Waals surface area contributed by atoms with Gasteiger partial charge in [-0.25, -0.2) is 13.4 Å². The molecule has 0 saturated heterocycles. The van der Waals surface area contributed by atoms with Gasteiger partial charge in [0.05, 0.1) is 15.6 Å². The van der Waals surface area contributed by atoms with Crippen molar-refractivity contribution in [2.75, 3.05) is 10.0 Å². The fraction of sp³-hybridized carbons (Fsp3) is 0.188. The summed E-state index contributed by atoms with van der Waals surface area (Å²) in [5.74, 6) is -0.232. The van der Waals surface area contributed by atoms with Crippen molar-refractivity contribution in [1.82, 2.24) is 14.8 Å². The van der Waals surface area contributed by atoms with Crippen molar-refractivity contribution >= 4 is 54.0 Å². The normalized spacial score (nSPS) is 12.5. The summed E-state index contributed by atoms with van der Waals surface area (Å²) in [5, 5.41) is 8.91. The number of rotatable bonds is 7. The number of carbonyl (C=O) groups is 1. The van der Waals surface area contributed by atoms with Gasteiger partial charge in [-0.15, -0.1) is 11.3 Å². The van der Waals surface area contributed by atoms with Crippen LogP contribution in [-0.2, 0) is 14.8 Å². The fourth-order valence-electron chi connectivity index (χ4n) is 2.37. The summed E-state index contributed by atoms with van der Waals surface area (Å²) < 4.78 is 29.4. The van der Waals surface area contributed by atoms with Crippen molar-refractivity contribution in [3.63, 3.8) is 0 Å². The number of nitrogens with zero attached hydrogens (tertiary/aromatic N) is 3. The van der Waals surface area contributed by atoms with Crippen LogP contribution in [0.5, 0.6) is 0 Å². The van der Waals surface area contributed by atoms with Gasteiger partial charge in [-0.05, 0) is 46.6 Å². The van der Waals surface area contributed by atoms with E-state index in [2.05, 4.69) is 36.1 Å². The van der Waals surface area contributed by atoms with Gasteiger partial charge in [-0.2, -0.15) is 5.10 Å². The third-order valence-electron chi connectivity index (χ3n) is 3.66. The number of amides is 1. The zero-order chi connectivity index (χ0) is 19.4. The molecule has 2 N–H and O–H groups in total. The van der Waals surface area contributed by atoms with E-state index in [0.29, 0.717) is 17.2 Å². The average Bonchev–Trinajstić information content (AvgIpc) is 3.28. The molecule has 0 fully saturated rings. The average molecular weight is 470 g/mol. The lowest BCUT2D eigenvalue weighted by atomic mass is 10.2. The van der Waals surface area contributed by atoms with Gasteiger partial charge in [-0.3, -0.25) is 14.2 Å². The van der Waals surface area contributed by atoms with E-state index in [1.165, 1.54) is 29.7 Å². The molecule has 1 unspecified atom stereocenters. The molecule has 11 heteroatoms. The van der Waals surface area contributed by atoms with Crippen LogP contribution in [0.15, 0.2) is 57.6 Å². The fourth-order valence-corrected chi connectivity index (χ4v) is 4.46. The maximum Gasteiger partial charge on any atom is 0.263 e. The highest BCUT2D eigenvalue weighted by Crippen LogP contribution is 2.21. The molecule has 2 heterocycles. The van der Waals surface area contributed by atoms with Crippen LogP contribution >= 0.6 is 27.3 Å². The van der Waals surface area contributed by atoms with Crippen LogP contribution in [0.4, 0.5) is 10.8 Å². The number of hydrogen-bond donors (Lipinski definition) is 2. The standard InChI is InChI=1S/C16H16BrN5O3S2/c1-2-14(22-10-11(17)9-19-22)15(23)20-12-3-5-13(6-4-12)27(24,25)21-16-18-7-8-26-16/h3-10,14H,2H2,1H3,(H,18,21)(H,20,23). The number of sulfonamides is 1. The van der Waals surface area contributed by atoms with Crippen LogP contribution in [-0.4, -0.2) is 29.1 Å². The summed E-state index contributed by atoms with van der Waals surface area (Å²) in [5.41, 5.74) is 0.498. The summed E-state index contributed by atoms with van der Waals surface area (Å²) in [7, 11) is -3.72. The van der Waals surface area contributed by atoms with Crippen molar-refractivity contribution in [2.24, 2.45) is 0 Å². The molecule has 27 heavy (non-hydrogen) atoms. The minimum Gasteiger partial charge on any atom is -0.324 e.